The maximum absolute atomic E-state index is 13.6. The third kappa shape index (κ3) is 4.97. The summed E-state index contributed by atoms with van der Waals surface area (Å²) in [5.41, 5.74) is -1.46. The Labute approximate surface area is 158 Å². The van der Waals surface area contributed by atoms with Crippen molar-refractivity contribution in [2.45, 2.75) is 39.5 Å². The van der Waals surface area contributed by atoms with Gasteiger partial charge in [0, 0.05) is 10.7 Å². The maximum atomic E-state index is 13.6. The summed E-state index contributed by atoms with van der Waals surface area (Å²) in [5, 5.41) is 0. The number of anilines is 2. The molecule has 0 atom stereocenters. The van der Waals surface area contributed by atoms with E-state index in [2.05, 4.69) is 20.9 Å². The normalized spacial score (nSPS) is 12.0. The number of aromatic nitrogens is 1. The minimum absolute atomic E-state index is 0.0482. The molecule has 1 aromatic carbocycles. The molecule has 2 aromatic rings. The van der Waals surface area contributed by atoms with Gasteiger partial charge in [0.15, 0.2) is 0 Å². The number of aryl methyl sites for hydroxylation is 1. The minimum atomic E-state index is -4.66. The van der Waals surface area contributed by atoms with E-state index in [1.54, 1.807) is 33.8 Å². The molecule has 0 spiro atoms. The molecule has 8 heteroatoms. The number of rotatable bonds is 2. The van der Waals surface area contributed by atoms with Gasteiger partial charge in [-0.1, -0.05) is 15.9 Å². The topological polar surface area (TPSA) is 42.4 Å². The van der Waals surface area contributed by atoms with Crippen molar-refractivity contribution in [3.8, 4) is 0 Å². The summed E-state index contributed by atoms with van der Waals surface area (Å²) in [6.07, 6.45) is -4.18. The van der Waals surface area contributed by atoms with Crippen molar-refractivity contribution in [1.82, 2.24) is 4.98 Å². The fourth-order valence-electron chi connectivity index (χ4n) is 2.20. The van der Waals surface area contributed by atoms with Crippen molar-refractivity contribution >= 4 is 33.5 Å². The molecule has 4 nitrogen and oxygen atoms in total. The van der Waals surface area contributed by atoms with Crippen LogP contribution in [0.1, 0.15) is 31.9 Å². The van der Waals surface area contributed by atoms with E-state index in [-0.39, 0.29) is 16.0 Å². The van der Waals surface area contributed by atoms with E-state index in [0.717, 1.165) is 16.5 Å². The average Bonchev–Trinajstić information content (AvgIpc) is 2.46. The van der Waals surface area contributed by atoms with Gasteiger partial charge in [-0.15, -0.1) is 0 Å². The Morgan fingerprint density at radius 2 is 1.81 bits per heavy atom. The summed E-state index contributed by atoms with van der Waals surface area (Å²) in [5.74, 6) is 0.0482. The van der Waals surface area contributed by atoms with Crippen LogP contribution in [0.25, 0.3) is 0 Å². The molecule has 0 aliphatic carbocycles. The second kappa shape index (κ2) is 7.26. The quantitative estimate of drug-likeness (QED) is 0.565. The SMILES string of the molecule is Cc1ccnc(N(C(=O)OC(C)(C)C)c2ccc(Br)cc2C(F)(F)F)c1. The molecule has 0 aliphatic heterocycles. The van der Waals surface area contributed by atoms with Crippen molar-refractivity contribution in [3.63, 3.8) is 0 Å². The Kier molecular flexibility index (Phi) is 5.65. The van der Waals surface area contributed by atoms with Gasteiger partial charge in [-0.25, -0.2) is 14.7 Å². The van der Waals surface area contributed by atoms with Crippen LogP contribution in [0.15, 0.2) is 41.0 Å². The molecule has 0 aliphatic rings. The lowest BCUT2D eigenvalue weighted by atomic mass is 10.1. The number of carbonyl (C=O) groups is 1. The molecule has 0 unspecified atom stereocenters. The van der Waals surface area contributed by atoms with Crippen LogP contribution in [0.5, 0.6) is 0 Å². The first kappa shape index (κ1) is 20.2. The maximum Gasteiger partial charge on any atom is 0.420 e. The van der Waals surface area contributed by atoms with Crippen LogP contribution in [-0.4, -0.2) is 16.7 Å². The number of benzene rings is 1. The lowest BCUT2D eigenvalue weighted by Gasteiger charge is -2.28. The van der Waals surface area contributed by atoms with Gasteiger partial charge < -0.3 is 4.74 Å². The summed E-state index contributed by atoms with van der Waals surface area (Å²) in [6.45, 7) is 6.67. The van der Waals surface area contributed by atoms with Gasteiger partial charge in [-0.05, 0) is 63.6 Å². The Bertz CT molecular complexity index is 817. The molecule has 0 saturated heterocycles. The molecule has 0 radical (unpaired) electrons. The van der Waals surface area contributed by atoms with Gasteiger partial charge >= 0.3 is 12.3 Å². The third-order valence-electron chi connectivity index (χ3n) is 3.21. The van der Waals surface area contributed by atoms with Crippen molar-refractivity contribution in [1.29, 1.82) is 0 Å². The molecule has 26 heavy (non-hydrogen) atoms. The van der Waals surface area contributed by atoms with Crippen LogP contribution < -0.4 is 4.90 Å². The van der Waals surface area contributed by atoms with E-state index < -0.39 is 23.4 Å². The Morgan fingerprint density at radius 1 is 1.15 bits per heavy atom. The van der Waals surface area contributed by atoms with Crippen LogP contribution in [-0.2, 0) is 10.9 Å². The Morgan fingerprint density at radius 3 is 2.35 bits per heavy atom. The monoisotopic (exact) mass is 430 g/mol. The van der Waals surface area contributed by atoms with Crippen LogP contribution in [0, 0.1) is 6.92 Å². The predicted octanol–water partition coefficient (Wildman–Crippen LogP) is 6.24. The number of hydrogen-bond acceptors (Lipinski definition) is 3. The summed E-state index contributed by atoms with van der Waals surface area (Å²) in [7, 11) is 0. The van der Waals surface area contributed by atoms with Crippen LogP contribution in [0.2, 0.25) is 0 Å². The van der Waals surface area contributed by atoms with E-state index in [9.17, 15) is 18.0 Å². The number of halogens is 4. The highest BCUT2D eigenvalue weighted by Crippen LogP contribution is 2.40. The fraction of sp³-hybridized carbons (Fsp3) is 0.333. The highest BCUT2D eigenvalue weighted by Gasteiger charge is 2.38. The summed E-state index contributed by atoms with van der Waals surface area (Å²) < 4.78 is 46.3. The smallest absolute Gasteiger partial charge is 0.420 e. The van der Waals surface area contributed by atoms with Gasteiger partial charge in [0.05, 0.1) is 11.3 Å². The number of nitrogens with zero attached hydrogens (tertiary/aromatic N) is 2. The number of hydrogen-bond donors (Lipinski definition) is 0. The van der Waals surface area contributed by atoms with Crippen molar-refractivity contribution < 1.29 is 22.7 Å². The Hall–Kier alpha value is -2.09. The van der Waals surface area contributed by atoms with Gasteiger partial charge in [0.2, 0.25) is 0 Å². The van der Waals surface area contributed by atoms with E-state index in [1.807, 2.05) is 0 Å². The number of amides is 1. The molecule has 0 saturated carbocycles. The average molecular weight is 431 g/mol. The second-order valence-electron chi connectivity index (χ2n) is 6.67. The zero-order valence-electron chi connectivity index (χ0n) is 14.7. The van der Waals surface area contributed by atoms with E-state index >= 15 is 0 Å². The van der Waals surface area contributed by atoms with Crippen LogP contribution >= 0.6 is 15.9 Å². The van der Waals surface area contributed by atoms with E-state index in [1.165, 1.54) is 24.4 Å². The van der Waals surface area contributed by atoms with Crippen LogP contribution in [0.4, 0.5) is 29.5 Å². The minimum Gasteiger partial charge on any atom is -0.443 e. The molecule has 0 fully saturated rings. The highest BCUT2D eigenvalue weighted by atomic mass is 79.9. The fourth-order valence-corrected chi connectivity index (χ4v) is 2.56. The molecule has 1 amide bonds. The lowest BCUT2D eigenvalue weighted by molar-refractivity contribution is -0.137. The predicted molar refractivity (Wildman–Crippen MR) is 96.5 cm³/mol. The van der Waals surface area contributed by atoms with Crippen molar-refractivity contribution in [2.24, 2.45) is 0 Å². The number of carbonyl (C=O) groups excluding carboxylic acids is 1. The number of pyridine rings is 1. The highest BCUT2D eigenvalue weighted by molar-refractivity contribution is 9.10. The first-order valence-electron chi connectivity index (χ1n) is 7.71. The second-order valence-corrected chi connectivity index (χ2v) is 7.58. The first-order chi connectivity index (χ1) is 11.9. The standard InChI is InChI=1S/C18H18BrF3N2O2/c1-11-7-8-23-15(9-11)24(16(25)26-17(2,3)4)14-6-5-12(19)10-13(14)18(20,21)22/h5-10H,1-4H3. The number of alkyl halides is 3. The van der Waals surface area contributed by atoms with E-state index in [4.69, 9.17) is 4.74 Å². The molecular weight excluding hydrogens is 413 g/mol. The zero-order chi connectivity index (χ0) is 19.7. The first-order valence-corrected chi connectivity index (χ1v) is 8.50. The molecule has 2 rings (SSSR count). The molecule has 0 bridgehead atoms. The van der Waals surface area contributed by atoms with Crippen LogP contribution in [0.3, 0.4) is 0 Å². The van der Waals surface area contributed by atoms with Gasteiger partial charge in [0.1, 0.15) is 11.4 Å². The van der Waals surface area contributed by atoms with Crippen molar-refractivity contribution in [2.75, 3.05) is 4.90 Å². The molecular formula is C18H18BrF3N2O2. The zero-order valence-corrected chi connectivity index (χ0v) is 16.3. The van der Waals surface area contributed by atoms with E-state index in [0.29, 0.717) is 0 Å². The van der Waals surface area contributed by atoms with Crippen molar-refractivity contribution in [3.05, 3.63) is 52.1 Å². The van der Waals surface area contributed by atoms with Gasteiger partial charge in [-0.3, -0.25) is 0 Å². The van der Waals surface area contributed by atoms with Gasteiger partial charge in [0.25, 0.3) is 0 Å². The third-order valence-corrected chi connectivity index (χ3v) is 3.70. The molecule has 1 heterocycles. The Balaban J connectivity index is 2.67. The summed E-state index contributed by atoms with van der Waals surface area (Å²) >= 11 is 3.04. The number of ether oxygens (including phenoxy) is 1. The largest absolute Gasteiger partial charge is 0.443 e. The summed E-state index contributed by atoms with van der Waals surface area (Å²) in [4.78, 5) is 17.6. The molecule has 140 valence electrons. The molecule has 1 aromatic heterocycles. The summed E-state index contributed by atoms with van der Waals surface area (Å²) in [6, 6.07) is 6.76. The van der Waals surface area contributed by atoms with Gasteiger partial charge in [-0.2, -0.15) is 13.2 Å². The lowest BCUT2D eigenvalue weighted by Crippen LogP contribution is -2.35. The molecule has 0 N–H and O–H groups in total.